The molecule has 158 valence electrons. The molecule has 0 aliphatic rings. The molecule has 0 bridgehead atoms. The molecule has 10 heteroatoms. The van der Waals surface area contributed by atoms with E-state index in [1.807, 2.05) is 0 Å². The minimum Gasteiger partial charge on any atom is -0.493 e. The number of aryl methyl sites for hydroxylation is 1. The highest BCUT2D eigenvalue weighted by atomic mass is 35.5. The zero-order valence-corrected chi connectivity index (χ0v) is 18.5. The highest BCUT2D eigenvalue weighted by molar-refractivity contribution is 7.12. The summed E-state index contributed by atoms with van der Waals surface area (Å²) in [6.45, 7) is 3.01. The molecule has 2 aromatic heterocycles. The van der Waals surface area contributed by atoms with Crippen molar-refractivity contribution in [1.82, 2.24) is 5.16 Å². The number of amides is 1. The summed E-state index contributed by atoms with van der Waals surface area (Å²) in [5, 5.41) is 5.74. The molecule has 2 heterocycles. The van der Waals surface area contributed by atoms with E-state index in [0.717, 1.165) is 0 Å². The van der Waals surface area contributed by atoms with Crippen LogP contribution in [0.3, 0.4) is 0 Å². The van der Waals surface area contributed by atoms with Crippen molar-refractivity contribution < 1.29 is 28.3 Å². The number of nitrogens with zero attached hydrogens (tertiary/aromatic N) is 2. The molecule has 30 heavy (non-hydrogen) atoms. The molecule has 3 rings (SSSR count). The molecule has 0 aliphatic heterocycles. The fourth-order valence-corrected chi connectivity index (χ4v) is 3.73. The summed E-state index contributed by atoms with van der Waals surface area (Å²) in [7, 11) is 4.26. The Morgan fingerprint density at radius 1 is 1.17 bits per heavy atom. The number of thiophene rings is 1. The van der Waals surface area contributed by atoms with Crippen molar-refractivity contribution >= 4 is 46.2 Å². The number of rotatable bonds is 7. The van der Waals surface area contributed by atoms with Gasteiger partial charge in [-0.15, -0.1) is 11.3 Å². The number of hydrogen-bond acceptors (Lipinski definition) is 8. The van der Waals surface area contributed by atoms with E-state index < -0.39 is 5.91 Å². The largest absolute Gasteiger partial charge is 0.493 e. The Labute approximate surface area is 181 Å². The van der Waals surface area contributed by atoms with Crippen molar-refractivity contribution in [1.29, 1.82) is 0 Å². The summed E-state index contributed by atoms with van der Waals surface area (Å²) in [6.07, 6.45) is 0. The fourth-order valence-electron chi connectivity index (χ4n) is 2.92. The van der Waals surface area contributed by atoms with E-state index in [2.05, 4.69) is 5.16 Å². The number of aromatic nitrogens is 1. The first-order chi connectivity index (χ1) is 14.3. The smallest absolute Gasteiger partial charge is 0.275 e. The van der Waals surface area contributed by atoms with Crippen molar-refractivity contribution in [3.05, 3.63) is 44.7 Å². The summed E-state index contributed by atoms with van der Waals surface area (Å²) in [4.78, 5) is 27.7. The number of carbonyl (C=O) groups excluding carboxylic acids is 2. The molecule has 0 fully saturated rings. The SMILES string of the molecule is COc1cc(C(C)=O)c(N(C(=O)c2cccs2)c2onc(C)c2Cl)c(OC)c1OC. The normalized spacial score (nSPS) is 10.6. The molecular formula is C20H19ClN2O6S. The number of benzene rings is 1. The van der Waals surface area contributed by atoms with Gasteiger partial charge >= 0.3 is 0 Å². The molecule has 0 saturated heterocycles. The standard InChI is InChI=1S/C20H19ClN2O6S/c1-10-15(21)20(29-22-10)23(19(25)14-7-6-8-30-14)16-12(11(2)24)9-13(26-3)17(27-4)18(16)28-5/h6-9H,1-5H3. The Morgan fingerprint density at radius 3 is 2.33 bits per heavy atom. The van der Waals surface area contributed by atoms with Crippen LogP contribution in [0.2, 0.25) is 5.02 Å². The van der Waals surface area contributed by atoms with Crippen LogP contribution < -0.4 is 19.1 Å². The highest BCUT2D eigenvalue weighted by Crippen LogP contribution is 2.50. The monoisotopic (exact) mass is 450 g/mol. The summed E-state index contributed by atoms with van der Waals surface area (Å²) >= 11 is 7.62. The van der Waals surface area contributed by atoms with Crippen LogP contribution in [0, 0.1) is 6.92 Å². The van der Waals surface area contributed by atoms with Gasteiger partial charge in [-0.2, -0.15) is 0 Å². The topological polar surface area (TPSA) is 91.1 Å². The average molecular weight is 451 g/mol. The zero-order valence-electron chi connectivity index (χ0n) is 16.9. The van der Waals surface area contributed by atoms with Crippen molar-refractivity contribution in [2.45, 2.75) is 13.8 Å². The average Bonchev–Trinajstić information content (AvgIpc) is 3.38. The molecule has 1 aromatic carbocycles. The van der Waals surface area contributed by atoms with Gasteiger partial charge in [-0.1, -0.05) is 22.8 Å². The van der Waals surface area contributed by atoms with Crippen LogP contribution >= 0.6 is 22.9 Å². The van der Waals surface area contributed by atoms with E-state index in [0.29, 0.717) is 10.6 Å². The van der Waals surface area contributed by atoms with Gasteiger partial charge in [0.05, 0.1) is 26.2 Å². The van der Waals surface area contributed by atoms with Crippen LogP contribution in [0.4, 0.5) is 11.6 Å². The second-order valence-electron chi connectivity index (χ2n) is 6.10. The van der Waals surface area contributed by atoms with Crippen molar-refractivity contribution in [2.24, 2.45) is 0 Å². The number of Topliss-reactive ketones (excluding diaryl/α,β-unsaturated/α-hetero) is 1. The molecule has 0 atom stereocenters. The highest BCUT2D eigenvalue weighted by Gasteiger charge is 2.35. The fraction of sp³-hybridized carbons (Fsp3) is 0.250. The third-order valence-corrected chi connectivity index (χ3v) is 5.61. The van der Waals surface area contributed by atoms with E-state index in [-0.39, 0.29) is 45.2 Å². The Bertz CT molecular complexity index is 1090. The lowest BCUT2D eigenvalue weighted by Gasteiger charge is -2.26. The first-order valence-corrected chi connectivity index (χ1v) is 9.95. The zero-order chi connectivity index (χ0) is 22.0. The van der Waals surface area contributed by atoms with Crippen LogP contribution in [0.25, 0.3) is 0 Å². The molecule has 0 aliphatic carbocycles. The molecule has 0 radical (unpaired) electrons. The molecule has 0 unspecified atom stereocenters. The molecule has 0 spiro atoms. The number of carbonyl (C=O) groups is 2. The summed E-state index contributed by atoms with van der Waals surface area (Å²) in [5.74, 6) is -0.266. The first kappa shape index (κ1) is 21.7. The van der Waals surface area contributed by atoms with E-state index in [4.69, 9.17) is 30.3 Å². The van der Waals surface area contributed by atoms with Gasteiger partial charge in [0, 0.05) is 5.56 Å². The maximum Gasteiger partial charge on any atom is 0.275 e. The number of halogens is 1. The maximum absolute atomic E-state index is 13.5. The number of hydrogen-bond donors (Lipinski definition) is 0. The quantitative estimate of drug-likeness (QED) is 0.472. The van der Waals surface area contributed by atoms with Crippen LogP contribution in [0.15, 0.2) is 28.1 Å². The Kier molecular flexibility index (Phi) is 6.33. The Morgan fingerprint density at radius 2 is 1.87 bits per heavy atom. The van der Waals surface area contributed by atoms with Gasteiger partial charge in [0.2, 0.25) is 5.75 Å². The summed E-state index contributed by atoms with van der Waals surface area (Å²) < 4.78 is 21.7. The number of ketones is 1. The van der Waals surface area contributed by atoms with Crippen LogP contribution in [-0.4, -0.2) is 38.2 Å². The molecule has 3 aromatic rings. The van der Waals surface area contributed by atoms with Gasteiger partial charge in [-0.3, -0.25) is 9.59 Å². The third kappa shape index (κ3) is 3.61. The van der Waals surface area contributed by atoms with Crippen molar-refractivity contribution in [3.63, 3.8) is 0 Å². The lowest BCUT2D eigenvalue weighted by atomic mass is 10.0. The molecular weight excluding hydrogens is 432 g/mol. The van der Waals surface area contributed by atoms with Crippen molar-refractivity contribution in [2.75, 3.05) is 26.2 Å². The lowest BCUT2D eigenvalue weighted by Crippen LogP contribution is -2.27. The van der Waals surface area contributed by atoms with Gasteiger partial charge in [0.25, 0.3) is 11.8 Å². The van der Waals surface area contributed by atoms with Crippen LogP contribution in [-0.2, 0) is 0 Å². The minimum atomic E-state index is -0.476. The van der Waals surface area contributed by atoms with Gasteiger partial charge in [-0.25, -0.2) is 4.90 Å². The third-order valence-electron chi connectivity index (χ3n) is 4.32. The van der Waals surface area contributed by atoms with Gasteiger partial charge < -0.3 is 18.7 Å². The number of ether oxygens (including phenoxy) is 3. The maximum atomic E-state index is 13.5. The molecule has 1 amide bonds. The van der Waals surface area contributed by atoms with Gasteiger partial charge in [0.1, 0.15) is 16.4 Å². The molecule has 0 N–H and O–H groups in total. The summed E-state index contributed by atoms with van der Waals surface area (Å²) in [5.41, 5.74) is 0.651. The predicted octanol–water partition coefficient (Wildman–Crippen LogP) is 4.90. The van der Waals surface area contributed by atoms with E-state index in [1.54, 1.807) is 24.4 Å². The van der Waals surface area contributed by atoms with Gasteiger partial charge in [-0.05, 0) is 31.4 Å². The molecule has 0 saturated carbocycles. The lowest BCUT2D eigenvalue weighted by molar-refractivity contribution is 0.0997. The summed E-state index contributed by atoms with van der Waals surface area (Å²) in [6, 6.07) is 4.86. The van der Waals surface area contributed by atoms with E-state index >= 15 is 0 Å². The van der Waals surface area contributed by atoms with Gasteiger partial charge in [0.15, 0.2) is 17.3 Å². The Hall–Kier alpha value is -3.04. The Balaban J connectivity index is 2.42. The van der Waals surface area contributed by atoms with Crippen LogP contribution in [0.5, 0.6) is 17.2 Å². The van der Waals surface area contributed by atoms with E-state index in [9.17, 15) is 9.59 Å². The number of anilines is 2. The minimum absolute atomic E-state index is 0.0411. The number of methoxy groups -OCH3 is 3. The van der Waals surface area contributed by atoms with Crippen molar-refractivity contribution in [3.8, 4) is 17.2 Å². The molecule has 8 nitrogen and oxygen atoms in total. The predicted molar refractivity (Wildman–Crippen MR) is 113 cm³/mol. The second-order valence-corrected chi connectivity index (χ2v) is 7.43. The second kappa shape index (κ2) is 8.76. The van der Waals surface area contributed by atoms with Crippen LogP contribution in [0.1, 0.15) is 32.6 Å². The van der Waals surface area contributed by atoms with E-state index in [1.165, 1.54) is 50.6 Å². The first-order valence-electron chi connectivity index (χ1n) is 8.69.